The van der Waals surface area contributed by atoms with Crippen molar-refractivity contribution in [2.24, 2.45) is 15.9 Å². The summed E-state index contributed by atoms with van der Waals surface area (Å²) in [7, 11) is 0. The van der Waals surface area contributed by atoms with Gasteiger partial charge in [0.05, 0.1) is 0 Å². The van der Waals surface area contributed by atoms with E-state index in [9.17, 15) is 0 Å². The average molecular weight is 110 g/mol. The van der Waals surface area contributed by atoms with Crippen molar-refractivity contribution >= 4 is 12.1 Å². The maximum absolute atomic E-state index is 4.04. The van der Waals surface area contributed by atoms with Crippen LogP contribution in [-0.2, 0) is 0 Å². The van der Waals surface area contributed by atoms with Crippen molar-refractivity contribution in [1.29, 1.82) is 0 Å². The molecule has 0 aromatic heterocycles. The minimum absolute atomic E-state index is 0.556. The largest absolute Gasteiger partial charge is 0.273 e. The molecule has 8 heavy (non-hydrogen) atoms. The van der Waals surface area contributed by atoms with Crippen molar-refractivity contribution in [3.63, 3.8) is 0 Å². The van der Waals surface area contributed by atoms with Gasteiger partial charge < -0.3 is 0 Å². The molecule has 0 aromatic carbocycles. The molecule has 0 bridgehead atoms. The minimum atomic E-state index is 0.556. The zero-order chi connectivity index (χ0) is 5.98. The van der Waals surface area contributed by atoms with Crippen molar-refractivity contribution in [1.82, 2.24) is 0 Å². The van der Waals surface area contributed by atoms with Gasteiger partial charge in [-0.1, -0.05) is 6.92 Å². The van der Waals surface area contributed by atoms with Gasteiger partial charge >= 0.3 is 0 Å². The van der Waals surface area contributed by atoms with E-state index in [1.54, 1.807) is 6.34 Å². The van der Waals surface area contributed by atoms with Crippen molar-refractivity contribution in [2.45, 2.75) is 13.8 Å². The molecule has 1 aliphatic rings. The fourth-order valence-electron chi connectivity index (χ4n) is 0.596. The number of hydrogen-bond donors (Lipinski definition) is 0. The summed E-state index contributed by atoms with van der Waals surface area (Å²) in [5, 5.41) is 0. The third kappa shape index (κ3) is 0.941. The van der Waals surface area contributed by atoms with Crippen LogP contribution in [0.4, 0.5) is 0 Å². The lowest BCUT2D eigenvalue weighted by Gasteiger charge is -2.09. The molecule has 0 saturated carbocycles. The zero-order valence-corrected chi connectivity index (χ0v) is 5.26. The number of aliphatic imine (C=N–C) groups is 2. The van der Waals surface area contributed by atoms with Crippen LogP contribution in [0.25, 0.3) is 0 Å². The van der Waals surface area contributed by atoms with Crippen LogP contribution in [-0.4, -0.2) is 18.6 Å². The molecule has 0 spiro atoms. The van der Waals surface area contributed by atoms with E-state index < -0.39 is 0 Å². The first-order valence-corrected chi connectivity index (χ1v) is 2.83. The lowest BCUT2D eigenvalue weighted by atomic mass is 10.1. The number of rotatable bonds is 0. The summed E-state index contributed by atoms with van der Waals surface area (Å²) in [6, 6.07) is 0. The van der Waals surface area contributed by atoms with Gasteiger partial charge in [-0.2, -0.15) is 0 Å². The van der Waals surface area contributed by atoms with E-state index in [1.807, 2.05) is 6.92 Å². The maximum Gasteiger partial charge on any atom is 0.109 e. The van der Waals surface area contributed by atoms with Crippen molar-refractivity contribution in [2.75, 3.05) is 6.54 Å². The first-order chi connectivity index (χ1) is 3.80. The van der Waals surface area contributed by atoms with Gasteiger partial charge in [-0.05, 0) is 6.92 Å². The Kier molecular flexibility index (Phi) is 1.42. The summed E-state index contributed by atoms with van der Waals surface area (Å²) in [5.41, 5.74) is 1.19. The van der Waals surface area contributed by atoms with Crippen molar-refractivity contribution in [3.8, 4) is 0 Å². The molecule has 1 heterocycles. The molecule has 2 heteroatoms. The lowest BCUT2D eigenvalue weighted by Crippen LogP contribution is -2.13. The molecule has 44 valence electrons. The van der Waals surface area contributed by atoms with Crippen molar-refractivity contribution in [3.05, 3.63) is 0 Å². The first-order valence-electron chi connectivity index (χ1n) is 2.83. The van der Waals surface area contributed by atoms with Crippen LogP contribution in [0.5, 0.6) is 0 Å². The zero-order valence-electron chi connectivity index (χ0n) is 5.26. The molecule has 1 atom stereocenters. The van der Waals surface area contributed by atoms with E-state index in [0.717, 1.165) is 6.54 Å². The van der Waals surface area contributed by atoms with Crippen LogP contribution >= 0.6 is 0 Å². The van der Waals surface area contributed by atoms with E-state index in [2.05, 4.69) is 16.9 Å². The van der Waals surface area contributed by atoms with E-state index >= 15 is 0 Å². The summed E-state index contributed by atoms with van der Waals surface area (Å²) in [6.45, 7) is 5.08. The number of nitrogens with zero attached hydrogens (tertiary/aromatic N) is 2. The molecule has 1 unspecified atom stereocenters. The monoisotopic (exact) mass is 110 g/mol. The Morgan fingerprint density at radius 3 is 2.88 bits per heavy atom. The highest BCUT2D eigenvalue weighted by Gasteiger charge is 2.05. The predicted molar refractivity (Wildman–Crippen MR) is 35.6 cm³/mol. The molecule has 0 radical (unpaired) electrons. The van der Waals surface area contributed by atoms with Gasteiger partial charge in [-0.3, -0.25) is 4.99 Å². The van der Waals surface area contributed by atoms with Crippen molar-refractivity contribution < 1.29 is 0 Å². The summed E-state index contributed by atoms with van der Waals surface area (Å²) < 4.78 is 0. The fraction of sp³-hybridized carbons (Fsp3) is 0.667. The van der Waals surface area contributed by atoms with Crippen LogP contribution in [0.2, 0.25) is 0 Å². The second-order valence-electron chi connectivity index (χ2n) is 2.15. The predicted octanol–water partition coefficient (Wildman–Crippen LogP) is 1.13. The molecule has 0 aromatic rings. The standard InChI is InChI=1S/C6H10N2/c1-5-3-7-4-8-6(5)2/h4-5H,3H2,1-2H3. The highest BCUT2D eigenvalue weighted by Crippen LogP contribution is 2.01. The van der Waals surface area contributed by atoms with Crippen LogP contribution in [0.1, 0.15) is 13.8 Å². The molecule has 1 aliphatic heterocycles. The fourth-order valence-corrected chi connectivity index (χ4v) is 0.596. The highest BCUT2D eigenvalue weighted by atomic mass is 14.9. The molecule has 2 nitrogen and oxygen atoms in total. The molecule has 0 amide bonds. The highest BCUT2D eigenvalue weighted by molar-refractivity contribution is 5.91. The van der Waals surface area contributed by atoms with Gasteiger partial charge in [0.25, 0.3) is 0 Å². The quantitative estimate of drug-likeness (QED) is 0.446. The summed E-state index contributed by atoms with van der Waals surface area (Å²) in [6.07, 6.45) is 1.63. The normalized spacial score (nSPS) is 27.8. The van der Waals surface area contributed by atoms with Gasteiger partial charge in [0.1, 0.15) is 6.34 Å². The second kappa shape index (κ2) is 2.07. The Morgan fingerprint density at radius 2 is 2.50 bits per heavy atom. The first kappa shape index (κ1) is 5.48. The average Bonchev–Trinajstić information content (AvgIpc) is 1.77. The van der Waals surface area contributed by atoms with Crippen LogP contribution < -0.4 is 0 Å². The Morgan fingerprint density at radius 1 is 1.75 bits per heavy atom. The molecular weight excluding hydrogens is 100 g/mol. The van der Waals surface area contributed by atoms with Crippen LogP contribution in [0.15, 0.2) is 9.98 Å². The summed E-state index contributed by atoms with van der Waals surface area (Å²) in [5.74, 6) is 0.556. The van der Waals surface area contributed by atoms with Gasteiger partial charge in [-0.15, -0.1) is 0 Å². The van der Waals surface area contributed by atoms with Crippen LogP contribution in [0, 0.1) is 5.92 Å². The molecule has 0 saturated heterocycles. The Bertz CT molecular complexity index is 135. The molecule has 0 N–H and O–H groups in total. The minimum Gasteiger partial charge on any atom is -0.273 e. The lowest BCUT2D eigenvalue weighted by molar-refractivity contribution is 0.772. The summed E-state index contributed by atoms with van der Waals surface area (Å²) >= 11 is 0. The molecule has 1 rings (SSSR count). The Balaban J connectivity index is 2.66. The molecular formula is C6H10N2. The van der Waals surface area contributed by atoms with Gasteiger partial charge in [0.2, 0.25) is 0 Å². The molecule has 0 aliphatic carbocycles. The maximum atomic E-state index is 4.04. The van der Waals surface area contributed by atoms with Gasteiger partial charge in [0, 0.05) is 18.2 Å². The Hall–Kier alpha value is -0.660. The van der Waals surface area contributed by atoms with E-state index in [1.165, 1.54) is 5.71 Å². The molecule has 0 fully saturated rings. The van der Waals surface area contributed by atoms with Crippen LogP contribution in [0.3, 0.4) is 0 Å². The summed E-state index contributed by atoms with van der Waals surface area (Å²) in [4.78, 5) is 8.03. The Labute approximate surface area is 49.3 Å². The smallest absolute Gasteiger partial charge is 0.109 e. The van der Waals surface area contributed by atoms with E-state index in [-0.39, 0.29) is 0 Å². The second-order valence-corrected chi connectivity index (χ2v) is 2.15. The topological polar surface area (TPSA) is 24.7 Å². The van der Waals surface area contributed by atoms with Gasteiger partial charge in [0.15, 0.2) is 0 Å². The van der Waals surface area contributed by atoms with E-state index in [4.69, 9.17) is 0 Å². The third-order valence-electron chi connectivity index (χ3n) is 1.44. The SMILES string of the molecule is CC1=NC=NCC1C. The van der Waals surface area contributed by atoms with E-state index in [0.29, 0.717) is 5.92 Å². The third-order valence-corrected chi connectivity index (χ3v) is 1.44. The van der Waals surface area contributed by atoms with Gasteiger partial charge in [-0.25, -0.2) is 4.99 Å². The number of hydrogen-bond acceptors (Lipinski definition) is 2.